The average molecular weight is 686 g/mol. The monoisotopic (exact) mass is 685 g/mol. The highest BCUT2D eigenvalue weighted by Gasteiger charge is 2.18. The van der Waals surface area contributed by atoms with Crippen molar-refractivity contribution in [3.8, 4) is 28.8 Å². The van der Waals surface area contributed by atoms with Crippen LogP contribution in [0.5, 0.6) is 17.2 Å². The van der Waals surface area contributed by atoms with Gasteiger partial charge in [-0.2, -0.15) is 9.78 Å². The molecule has 0 radical (unpaired) electrons. The zero-order valence-corrected chi connectivity index (χ0v) is 26.0. The number of ether oxygens (including phenoxy) is 3. The van der Waals surface area contributed by atoms with Crippen molar-refractivity contribution in [3.63, 3.8) is 0 Å². The lowest BCUT2D eigenvalue weighted by Crippen LogP contribution is -2.20. The number of hydrogen-bond acceptors (Lipinski definition) is 7. The molecule has 6 rings (SSSR count). The lowest BCUT2D eigenvalue weighted by Gasteiger charge is -2.15. The number of para-hydroxylation sites is 1. The Kier molecular flexibility index (Phi) is 8.15. The Hall–Kier alpha value is -4.64. The Morgan fingerprint density at radius 2 is 1.79 bits per heavy atom. The number of benzene rings is 4. The van der Waals surface area contributed by atoms with Crippen LogP contribution < -0.4 is 19.8 Å². The molecule has 6 aromatic rings. The van der Waals surface area contributed by atoms with Crippen LogP contribution in [0.2, 0.25) is 0 Å². The summed E-state index contributed by atoms with van der Waals surface area (Å²) in [5, 5.41) is 5.84. The van der Waals surface area contributed by atoms with Crippen molar-refractivity contribution >= 4 is 50.7 Å². The van der Waals surface area contributed by atoms with E-state index in [-0.39, 0.29) is 11.4 Å². The normalized spacial score (nSPS) is 11.4. The number of fused-ring (bicyclic) bond motifs is 2. The van der Waals surface area contributed by atoms with Crippen LogP contribution in [0.4, 0.5) is 0 Å². The summed E-state index contributed by atoms with van der Waals surface area (Å²) in [4.78, 5) is 18.5. The number of hydrogen-bond donors (Lipinski definition) is 0. The Balaban J connectivity index is 1.41. The van der Waals surface area contributed by atoms with Crippen molar-refractivity contribution in [1.29, 1.82) is 0 Å². The predicted molar refractivity (Wildman–Crippen MR) is 177 cm³/mol. The molecule has 0 amide bonds. The maximum atomic E-state index is 13.7. The largest absolute Gasteiger partial charge is 0.496 e. The molecule has 2 heterocycles. The Morgan fingerprint density at radius 3 is 2.60 bits per heavy atom. The minimum Gasteiger partial charge on any atom is -0.496 e. The lowest BCUT2D eigenvalue weighted by molar-refractivity contribution is 0.267. The molecule has 0 aliphatic carbocycles. The number of halogens is 1. The fraction of sp³-hybridized carbons (Fsp3) is 0.147. The summed E-state index contributed by atoms with van der Waals surface area (Å²) in [7, 11) is 1.60. The van der Waals surface area contributed by atoms with Crippen molar-refractivity contribution in [3.05, 3.63) is 116 Å². The first kappa shape index (κ1) is 28.5. The van der Waals surface area contributed by atoms with E-state index in [0.29, 0.717) is 52.7 Å². The van der Waals surface area contributed by atoms with Crippen LogP contribution in [-0.4, -0.2) is 29.6 Å². The molecule has 0 unspecified atom stereocenters. The Bertz CT molecular complexity index is 2050. The van der Waals surface area contributed by atoms with Crippen molar-refractivity contribution in [2.75, 3.05) is 13.7 Å². The van der Waals surface area contributed by atoms with Crippen LogP contribution in [-0.2, 0) is 6.61 Å². The van der Waals surface area contributed by atoms with Gasteiger partial charge in [0, 0.05) is 0 Å². The van der Waals surface area contributed by atoms with E-state index in [4.69, 9.17) is 23.6 Å². The first-order valence-electron chi connectivity index (χ1n) is 13.7. The zero-order valence-electron chi connectivity index (χ0n) is 23.8. The van der Waals surface area contributed by atoms with Gasteiger partial charge in [0.05, 0.1) is 39.8 Å². The topological polar surface area (TPSA) is 88.1 Å². The van der Waals surface area contributed by atoms with Crippen LogP contribution in [0.25, 0.3) is 33.5 Å². The van der Waals surface area contributed by atoms with Crippen LogP contribution in [0.3, 0.4) is 0 Å². The van der Waals surface area contributed by atoms with E-state index < -0.39 is 0 Å². The molecule has 4 aromatic carbocycles. The van der Waals surface area contributed by atoms with Crippen molar-refractivity contribution in [2.45, 2.75) is 20.5 Å². The SMILES string of the molecule is CCOc1cc(C=Nn2c(-c3cc4c(OC)cccc4o3)nc3ccccc3c2=O)cc(I)c1OCc1cccc(C)c1. The minimum atomic E-state index is -0.317. The summed E-state index contributed by atoms with van der Waals surface area (Å²) >= 11 is 2.23. The van der Waals surface area contributed by atoms with Gasteiger partial charge in [0.2, 0.25) is 5.82 Å². The summed E-state index contributed by atoms with van der Waals surface area (Å²) in [5.41, 5.74) is 3.82. The molecule has 0 atom stereocenters. The van der Waals surface area contributed by atoms with E-state index in [1.165, 1.54) is 10.2 Å². The molecular weight excluding hydrogens is 657 g/mol. The van der Waals surface area contributed by atoms with Crippen LogP contribution in [0.15, 0.2) is 99.2 Å². The molecule has 0 aliphatic rings. The predicted octanol–water partition coefficient (Wildman–Crippen LogP) is 7.59. The summed E-state index contributed by atoms with van der Waals surface area (Å²) in [6.07, 6.45) is 1.61. The van der Waals surface area contributed by atoms with Gasteiger partial charge in [0.25, 0.3) is 5.56 Å². The number of rotatable bonds is 9. The van der Waals surface area contributed by atoms with E-state index >= 15 is 0 Å². The highest BCUT2D eigenvalue weighted by atomic mass is 127. The Morgan fingerprint density at radius 1 is 0.953 bits per heavy atom. The summed E-state index contributed by atoms with van der Waals surface area (Å²) in [6, 6.07) is 26.5. The summed E-state index contributed by atoms with van der Waals surface area (Å²) in [5.74, 6) is 2.58. The van der Waals surface area contributed by atoms with Gasteiger partial charge in [-0.25, -0.2) is 4.98 Å². The standard InChI is InChI=1S/C34H28IN3O5/c1-4-41-30-17-23(16-26(35)32(30)42-20-22-10-7-9-21(2)15-22)19-36-38-33(37-27-12-6-5-11-24(27)34(38)39)31-18-25-28(40-3)13-8-14-29(25)43-31/h5-19H,4,20H2,1-3H3. The molecule has 2 aromatic heterocycles. The lowest BCUT2D eigenvalue weighted by atomic mass is 10.1. The van der Waals surface area contributed by atoms with Gasteiger partial charge in [-0.05, 0) is 90.0 Å². The third-order valence-electron chi connectivity index (χ3n) is 6.84. The molecule has 9 heteroatoms. The number of nitrogens with zero attached hydrogens (tertiary/aromatic N) is 3. The molecule has 0 saturated carbocycles. The Labute approximate surface area is 261 Å². The van der Waals surface area contributed by atoms with Crippen molar-refractivity contribution in [1.82, 2.24) is 9.66 Å². The average Bonchev–Trinajstić information content (AvgIpc) is 3.45. The minimum absolute atomic E-state index is 0.274. The fourth-order valence-electron chi connectivity index (χ4n) is 4.86. The first-order chi connectivity index (χ1) is 20.9. The fourth-order valence-corrected chi connectivity index (χ4v) is 5.64. The number of aromatic nitrogens is 2. The van der Waals surface area contributed by atoms with Gasteiger partial charge in [-0.15, -0.1) is 0 Å². The molecule has 0 spiro atoms. The van der Waals surface area contributed by atoms with E-state index in [1.54, 1.807) is 31.5 Å². The van der Waals surface area contributed by atoms with Gasteiger partial charge in [0.1, 0.15) is 17.9 Å². The maximum Gasteiger partial charge on any atom is 0.282 e. The number of aryl methyl sites for hydroxylation is 1. The van der Waals surface area contributed by atoms with E-state index in [1.807, 2.05) is 61.5 Å². The molecule has 0 fully saturated rings. The molecule has 0 N–H and O–H groups in total. The summed E-state index contributed by atoms with van der Waals surface area (Å²) < 4.78 is 25.9. The van der Waals surface area contributed by atoms with Gasteiger partial charge in [-0.3, -0.25) is 4.79 Å². The number of furan rings is 1. The second-order valence-electron chi connectivity index (χ2n) is 9.84. The third kappa shape index (κ3) is 5.85. The molecule has 43 heavy (non-hydrogen) atoms. The third-order valence-corrected chi connectivity index (χ3v) is 7.64. The van der Waals surface area contributed by atoms with Gasteiger partial charge in [0.15, 0.2) is 17.3 Å². The van der Waals surface area contributed by atoms with E-state index in [9.17, 15) is 4.79 Å². The highest BCUT2D eigenvalue weighted by Crippen LogP contribution is 2.35. The quantitative estimate of drug-likeness (QED) is 0.115. The van der Waals surface area contributed by atoms with Crippen LogP contribution >= 0.6 is 22.6 Å². The van der Waals surface area contributed by atoms with E-state index in [0.717, 1.165) is 20.1 Å². The summed E-state index contributed by atoms with van der Waals surface area (Å²) in [6.45, 7) is 4.85. The smallest absolute Gasteiger partial charge is 0.282 e. The van der Waals surface area contributed by atoms with E-state index in [2.05, 4.69) is 46.7 Å². The van der Waals surface area contributed by atoms with Gasteiger partial charge < -0.3 is 18.6 Å². The highest BCUT2D eigenvalue weighted by molar-refractivity contribution is 14.1. The molecular formula is C34H28IN3O5. The maximum absolute atomic E-state index is 13.7. The molecule has 216 valence electrons. The van der Waals surface area contributed by atoms with Crippen molar-refractivity contribution < 1.29 is 18.6 Å². The number of methoxy groups -OCH3 is 1. The molecule has 0 aliphatic heterocycles. The second-order valence-corrected chi connectivity index (χ2v) is 11.0. The zero-order chi connectivity index (χ0) is 29.9. The van der Waals surface area contributed by atoms with Gasteiger partial charge in [-0.1, -0.05) is 48.0 Å². The van der Waals surface area contributed by atoms with Crippen molar-refractivity contribution in [2.24, 2.45) is 5.10 Å². The molecule has 8 nitrogen and oxygen atoms in total. The van der Waals surface area contributed by atoms with Crippen LogP contribution in [0.1, 0.15) is 23.6 Å². The molecule has 0 bridgehead atoms. The second kappa shape index (κ2) is 12.3. The van der Waals surface area contributed by atoms with Gasteiger partial charge >= 0.3 is 0 Å². The van der Waals surface area contributed by atoms with Crippen LogP contribution in [0, 0.1) is 10.5 Å². The first-order valence-corrected chi connectivity index (χ1v) is 14.8. The molecule has 0 saturated heterocycles.